The van der Waals surface area contributed by atoms with Gasteiger partial charge in [0, 0.05) is 5.92 Å². The zero-order valence-corrected chi connectivity index (χ0v) is 19.9. The van der Waals surface area contributed by atoms with Crippen LogP contribution in [0.4, 0.5) is 0 Å². The fourth-order valence-corrected chi connectivity index (χ4v) is 5.89. The number of hydrogen-bond acceptors (Lipinski definition) is 5. The van der Waals surface area contributed by atoms with E-state index in [1.54, 1.807) is 18.2 Å². The van der Waals surface area contributed by atoms with Crippen LogP contribution in [-0.2, 0) is 28.2 Å². The van der Waals surface area contributed by atoms with Crippen molar-refractivity contribution in [2.75, 3.05) is 11.5 Å². The summed E-state index contributed by atoms with van der Waals surface area (Å²) in [5, 5.41) is 20.5. The average Bonchev–Trinajstić information content (AvgIpc) is 2.65. The summed E-state index contributed by atoms with van der Waals surface area (Å²) in [6, 6.07) is 13.1. The Morgan fingerprint density at radius 1 is 1.13 bits per heavy atom. The molecule has 3 rings (SSSR count). The van der Waals surface area contributed by atoms with Gasteiger partial charge in [0.05, 0.1) is 34.3 Å². The first-order valence-electron chi connectivity index (χ1n) is 9.93. The van der Waals surface area contributed by atoms with Crippen LogP contribution in [0.1, 0.15) is 37.5 Å². The maximum absolute atomic E-state index is 12.5. The van der Waals surface area contributed by atoms with Gasteiger partial charge in [0.15, 0.2) is 9.84 Å². The SMILES string of the molecule is CC(C)(C)c1cccc(CN=C2CS(=O)(=O)C[C@@H](Cc3ccc(O)c(Br)c3)[C@@H]2O)c1. The molecule has 0 spiro atoms. The molecule has 5 nitrogen and oxygen atoms in total. The summed E-state index contributed by atoms with van der Waals surface area (Å²) < 4.78 is 25.5. The van der Waals surface area contributed by atoms with E-state index in [1.807, 2.05) is 12.1 Å². The van der Waals surface area contributed by atoms with Crippen LogP contribution in [0.15, 0.2) is 51.9 Å². The van der Waals surface area contributed by atoms with Crippen molar-refractivity contribution in [3.63, 3.8) is 0 Å². The second-order valence-electron chi connectivity index (χ2n) is 9.01. The monoisotopic (exact) mass is 493 g/mol. The molecular formula is C23H28BrNO4S. The van der Waals surface area contributed by atoms with E-state index < -0.39 is 21.9 Å². The Hall–Kier alpha value is -1.70. The number of hydrogen-bond donors (Lipinski definition) is 2. The standard InChI is InChI=1S/C23H28BrNO4S/c1-23(2,3)18-6-4-5-16(10-18)12-25-20-14-30(28,29)13-17(22(20)27)9-15-7-8-21(26)19(24)11-15/h4-8,10-11,17,22,26-27H,9,12-14H2,1-3H3/t17-,22+/m1/s1. The second-order valence-corrected chi connectivity index (χ2v) is 12.0. The number of aliphatic imine (C=N–C) groups is 1. The van der Waals surface area contributed by atoms with E-state index in [2.05, 4.69) is 53.8 Å². The van der Waals surface area contributed by atoms with Crippen LogP contribution in [0, 0.1) is 5.92 Å². The van der Waals surface area contributed by atoms with E-state index in [9.17, 15) is 18.6 Å². The largest absolute Gasteiger partial charge is 0.507 e. The molecule has 0 amide bonds. The summed E-state index contributed by atoms with van der Waals surface area (Å²) >= 11 is 3.28. The molecule has 2 N–H and O–H groups in total. The van der Waals surface area contributed by atoms with Crippen molar-refractivity contribution in [2.24, 2.45) is 10.9 Å². The first-order valence-corrected chi connectivity index (χ1v) is 12.5. The van der Waals surface area contributed by atoms with E-state index in [1.165, 1.54) is 5.56 Å². The molecule has 1 saturated heterocycles. The summed E-state index contributed by atoms with van der Waals surface area (Å²) in [6.07, 6.45) is -0.524. The molecule has 1 heterocycles. The normalized spacial score (nSPS) is 22.9. The van der Waals surface area contributed by atoms with Crippen molar-refractivity contribution in [2.45, 2.75) is 45.3 Å². The first-order chi connectivity index (χ1) is 13.9. The van der Waals surface area contributed by atoms with Gasteiger partial charge in [-0.2, -0.15) is 0 Å². The summed E-state index contributed by atoms with van der Waals surface area (Å²) in [4.78, 5) is 4.52. The van der Waals surface area contributed by atoms with Crippen LogP contribution in [0.2, 0.25) is 0 Å². The lowest BCUT2D eigenvalue weighted by Crippen LogP contribution is -2.45. The zero-order valence-electron chi connectivity index (χ0n) is 17.5. The van der Waals surface area contributed by atoms with E-state index in [0.717, 1.165) is 11.1 Å². The molecule has 0 aromatic heterocycles. The number of phenols is 1. The van der Waals surface area contributed by atoms with Gasteiger partial charge >= 0.3 is 0 Å². The predicted octanol–water partition coefficient (Wildman–Crippen LogP) is 4.04. The number of halogens is 1. The minimum atomic E-state index is -3.34. The molecule has 30 heavy (non-hydrogen) atoms. The number of aliphatic hydroxyl groups is 1. The number of benzene rings is 2. The number of nitrogens with zero attached hydrogens (tertiary/aromatic N) is 1. The number of aliphatic hydroxyl groups excluding tert-OH is 1. The number of rotatable bonds is 4. The highest BCUT2D eigenvalue weighted by Crippen LogP contribution is 2.28. The van der Waals surface area contributed by atoms with E-state index >= 15 is 0 Å². The van der Waals surface area contributed by atoms with Crippen molar-refractivity contribution in [1.82, 2.24) is 0 Å². The molecule has 0 aliphatic carbocycles. The number of aromatic hydroxyl groups is 1. The van der Waals surface area contributed by atoms with Crippen LogP contribution in [-0.4, -0.2) is 42.0 Å². The lowest BCUT2D eigenvalue weighted by Gasteiger charge is -2.29. The lowest BCUT2D eigenvalue weighted by molar-refractivity contribution is 0.178. The molecule has 0 radical (unpaired) electrons. The van der Waals surface area contributed by atoms with Crippen molar-refractivity contribution >= 4 is 31.5 Å². The molecular weight excluding hydrogens is 466 g/mol. The maximum Gasteiger partial charge on any atom is 0.156 e. The summed E-state index contributed by atoms with van der Waals surface area (Å²) in [7, 11) is -3.34. The van der Waals surface area contributed by atoms with Gasteiger partial charge < -0.3 is 10.2 Å². The van der Waals surface area contributed by atoms with Gasteiger partial charge in [0.1, 0.15) is 5.75 Å². The molecule has 2 atom stereocenters. The van der Waals surface area contributed by atoms with Gasteiger partial charge in [0.25, 0.3) is 0 Å². The topological polar surface area (TPSA) is 87.0 Å². The van der Waals surface area contributed by atoms with Crippen LogP contribution < -0.4 is 0 Å². The Balaban J connectivity index is 1.81. The Bertz CT molecular complexity index is 1060. The quantitative estimate of drug-likeness (QED) is 0.672. The molecule has 0 saturated carbocycles. The minimum Gasteiger partial charge on any atom is -0.507 e. The first kappa shape index (κ1) is 23.0. The van der Waals surface area contributed by atoms with Gasteiger partial charge in [-0.15, -0.1) is 0 Å². The van der Waals surface area contributed by atoms with Gasteiger partial charge in [-0.1, -0.05) is 51.1 Å². The van der Waals surface area contributed by atoms with E-state index in [-0.39, 0.29) is 22.7 Å². The van der Waals surface area contributed by atoms with Gasteiger partial charge in [-0.3, -0.25) is 4.99 Å². The fourth-order valence-electron chi connectivity index (χ4n) is 3.68. The smallest absolute Gasteiger partial charge is 0.156 e. The van der Waals surface area contributed by atoms with Gasteiger partial charge in [-0.05, 0) is 56.6 Å². The molecule has 2 aromatic carbocycles. The van der Waals surface area contributed by atoms with Crippen LogP contribution >= 0.6 is 15.9 Å². The average molecular weight is 494 g/mol. The van der Waals surface area contributed by atoms with Crippen molar-refractivity contribution in [3.8, 4) is 5.75 Å². The molecule has 2 aromatic rings. The Labute approximate surface area is 186 Å². The number of sulfone groups is 1. The Morgan fingerprint density at radius 3 is 2.53 bits per heavy atom. The van der Waals surface area contributed by atoms with Gasteiger partial charge in [-0.25, -0.2) is 8.42 Å². The van der Waals surface area contributed by atoms with Crippen molar-refractivity contribution < 1.29 is 18.6 Å². The second kappa shape index (κ2) is 8.81. The highest BCUT2D eigenvalue weighted by atomic mass is 79.9. The third-order valence-corrected chi connectivity index (χ3v) is 7.70. The summed E-state index contributed by atoms with van der Waals surface area (Å²) in [5.74, 6) is -0.635. The highest BCUT2D eigenvalue weighted by molar-refractivity contribution is 9.10. The van der Waals surface area contributed by atoms with Crippen LogP contribution in [0.25, 0.3) is 0 Å². The molecule has 0 bridgehead atoms. The molecule has 1 aliphatic rings. The van der Waals surface area contributed by atoms with Crippen LogP contribution in [0.3, 0.4) is 0 Å². The van der Waals surface area contributed by atoms with Gasteiger partial charge in [0.2, 0.25) is 0 Å². The van der Waals surface area contributed by atoms with Crippen molar-refractivity contribution in [1.29, 1.82) is 0 Å². The Kier molecular flexibility index (Phi) is 6.75. The summed E-state index contributed by atoms with van der Waals surface area (Å²) in [5.41, 5.74) is 3.36. The maximum atomic E-state index is 12.5. The molecule has 7 heteroatoms. The minimum absolute atomic E-state index is 0.0142. The van der Waals surface area contributed by atoms with E-state index in [0.29, 0.717) is 23.1 Å². The number of phenolic OH excluding ortho intramolecular Hbond substituents is 1. The fraction of sp³-hybridized carbons (Fsp3) is 0.435. The van der Waals surface area contributed by atoms with E-state index in [4.69, 9.17) is 0 Å². The zero-order chi connectivity index (χ0) is 22.1. The Morgan fingerprint density at radius 2 is 1.87 bits per heavy atom. The molecule has 1 aliphatic heterocycles. The van der Waals surface area contributed by atoms with Crippen LogP contribution in [0.5, 0.6) is 5.75 Å². The third kappa shape index (κ3) is 5.71. The molecule has 162 valence electrons. The van der Waals surface area contributed by atoms with Crippen molar-refractivity contribution in [3.05, 3.63) is 63.6 Å². The molecule has 0 unspecified atom stereocenters. The summed E-state index contributed by atoms with van der Waals surface area (Å²) in [6.45, 7) is 6.76. The third-order valence-electron chi connectivity index (χ3n) is 5.39. The molecule has 1 fully saturated rings. The lowest BCUT2D eigenvalue weighted by atomic mass is 9.86. The predicted molar refractivity (Wildman–Crippen MR) is 124 cm³/mol. The highest BCUT2D eigenvalue weighted by Gasteiger charge is 2.36.